The maximum atomic E-state index is 14.3. The molecule has 0 radical (unpaired) electrons. The van der Waals surface area contributed by atoms with Crippen LogP contribution in [0.25, 0.3) is 11.3 Å². The minimum atomic E-state index is -1.01. The van der Waals surface area contributed by atoms with Crippen molar-refractivity contribution >= 4 is 23.5 Å². The van der Waals surface area contributed by atoms with E-state index in [0.29, 0.717) is 0 Å². The maximum Gasteiger partial charge on any atom is 0.306 e. The van der Waals surface area contributed by atoms with Crippen LogP contribution in [0, 0.1) is 12.7 Å². The molecule has 1 fully saturated rings. The van der Waals surface area contributed by atoms with Gasteiger partial charge in [-0.05, 0) is 19.1 Å². The van der Waals surface area contributed by atoms with Crippen LogP contribution in [-0.2, 0) is 9.53 Å². The number of rotatable bonds is 4. The number of benzene rings is 1. The van der Waals surface area contributed by atoms with E-state index >= 15 is 0 Å². The van der Waals surface area contributed by atoms with E-state index in [0.717, 1.165) is 0 Å². The van der Waals surface area contributed by atoms with Crippen molar-refractivity contribution in [2.24, 2.45) is 0 Å². The van der Waals surface area contributed by atoms with Crippen molar-refractivity contribution in [3.8, 4) is 11.3 Å². The molecule has 0 bridgehead atoms. The molecular weight excluding hydrogens is 367 g/mol. The lowest BCUT2D eigenvalue weighted by molar-refractivity contribution is -0.141. The summed E-state index contributed by atoms with van der Waals surface area (Å²) < 4.78 is 24.8. The molecular formula is C17H16ClFN2O5. The first-order chi connectivity index (χ1) is 12.4. The van der Waals surface area contributed by atoms with E-state index in [9.17, 15) is 14.0 Å². The fraction of sp³-hybridized carbons (Fsp3) is 0.353. The van der Waals surface area contributed by atoms with Crippen LogP contribution in [0.3, 0.4) is 0 Å². The summed E-state index contributed by atoms with van der Waals surface area (Å²) >= 11 is 6.08. The molecule has 26 heavy (non-hydrogen) atoms. The fourth-order valence-electron chi connectivity index (χ4n) is 2.90. The number of aliphatic carboxylic acids is 1. The van der Waals surface area contributed by atoms with Crippen LogP contribution in [-0.4, -0.2) is 52.8 Å². The van der Waals surface area contributed by atoms with Crippen molar-refractivity contribution in [3.63, 3.8) is 0 Å². The Balaban J connectivity index is 1.94. The molecule has 9 heteroatoms. The van der Waals surface area contributed by atoms with Gasteiger partial charge in [-0.15, -0.1) is 0 Å². The molecule has 138 valence electrons. The van der Waals surface area contributed by atoms with Gasteiger partial charge in [0.1, 0.15) is 22.8 Å². The average Bonchev–Trinajstić information content (AvgIpc) is 2.95. The maximum absolute atomic E-state index is 14.3. The minimum Gasteiger partial charge on any atom is -0.481 e. The molecule has 3 rings (SSSR count). The zero-order valence-electron chi connectivity index (χ0n) is 13.9. The van der Waals surface area contributed by atoms with Gasteiger partial charge >= 0.3 is 5.97 Å². The van der Waals surface area contributed by atoms with Gasteiger partial charge in [0.2, 0.25) is 0 Å². The van der Waals surface area contributed by atoms with E-state index in [1.165, 1.54) is 23.1 Å². The average molecular weight is 383 g/mol. The van der Waals surface area contributed by atoms with Crippen LogP contribution in [0.5, 0.6) is 0 Å². The highest BCUT2D eigenvalue weighted by atomic mass is 35.5. The zero-order valence-corrected chi connectivity index (χ0v) is 14.6. The number of carbonyl (C=O) groups excluding carboxylic acids is 1. The standard InChI is InChI=1S/C17H16ClFN2O5/c1-9-14(16(20-26-9)15-11(18)3-2-4-12(15)19)17(24)21-5-6-25-10(8-21)7-13(22)23/h2-4,10H,5-8H2,1H3,(H,22,23)/t10-/m0/s1. The highest BCUT2D eigenvalue weighted by molar-refractivity contribution is 6.33. The van der Waals surface area contributed by atoms with Gasteiger partial charge in [-0.2, -0.15) is 0 Å². The lowest BCUT2D eigenvalue weighted by Gasteiger charge is -2.32. The summed E-state index contributed by atoms with van der Waals surface area (Å²) in [5, 5.41) is 12.8. The number of aryl methyl sites for hydroxylation is 1. The molecule has 1 atom stereocenters. The van der Waals surface area contributed by atoms with E-state index in [4.69, 9.17) is 26.0 Å². The molecule has 1 aliphatic rings. The largest absolute Gasteiger partial charge is 0.481 e. The molecule has 1 saturated heterocycles. The third-order valence-corrected chi connectivity index (χ3v) is 4.42. The van der Waals surface area contributed by atoms with E-state index < -0.39 is 23.8 Å². The molecule has 0 saturated carbocycles. The molecule has 1 N–H and O–H groups in total. The Morgan fingerprint density at radius 3 is 2.92 bits per heavy atom. The number of carbonyl (C=O) groups is 2. The summed E-state index contributed by atoms with van der Waals surface area (Å²) in [5.41, 5.74) is 0.120. The smallest absolute Gasteiger partial charge is 0.306 e. The van der Waals surface area contributed by atoms with Gasteiger partial charge in [0.25, 0.3) is 5.91 Å². The van der Waals surface area contributed by atoms with Crippen LogP contribution in [0.2, 0.25) is 5.02 Å². The van der Waals surface area contributed by atoms with Gasteiger partial charge in [-0.25, -0.2) is 4.39 Å². The van der Waals surface area contributed by atoms with Gasteiger partial charge in [-0.3, -0.25) is 9.59 Å². The summed E-state index contributed by atoms with van der Waals surface area (Å²) in [7, 11) is 0. The van der Waals surface area contributed by atoms with Gasteiger partial charge in [0.15, 0.2) is 0 Å². The Morgan fingerprint density at radius 2 is 2.23 bits per heavy atom. The zero-order chi connectivity index (χ0) is 18.8. The highest BCUT2D eigenvalue weighted by Crippen LogP contribution is 2.34. The molecule has 1 amide bonds. The number of amides is 1. The third kappa shape index (κ3) is 3.56. The Hall–Kier alpha value is -2.45. The Morgan fingerprint density at radius 1 is 1.46 bits per heavy atom. The van der Waals surface area contributed by atoms with Crippen molar-refractivity contribution in [2.75, 3.05) is 19.7 Å². The van der Waals surface area contributed by atoms with Crippen molar-refractivity contribution in [2.45, 2.75) is 19.4 Å². The molecule has 1 aromatic heterocycles. The normalized spacial score (nSPS) is 17.3. The molecule has 0 spiro atoms. The molecule has 2 aromatic rings. The van der Waals surface area contributed by atoms with E-state index in [2.05, 4.69) is 5.16 Å². The topological polar surface area (TPSA) is 92.9 Å². The number of hydrogen-bond acceptors (Lipinski definition) is 5. The number of aromatic nitrogens is 1. The van der Waals surface area contributed by atoms with Crippen LogP contribution in [0.1, 0.15) is 22.5 Å². The molecule has 0 aliphatic carbocycles. The monoisotopic (exact) mass is 382 g/mol. The lowest BCUT2D eigenvalue weighted by Crippen LogP contribution is -2.46. The van der Waals surface area contributed by atoms with E-state index in [1.807, 2.05) is 0 Å². The predicted molar refractivity (Wildman–Crippen MR) is 89.5 cm³/mol. The quantitative estimate of drug-likeness (QED) is 0.874. The first-order valence-corrected chi connectivity index (χ1v) is 8.29. The van der Waals surface area contributed by atoms with Crippen LogP contribution in [0.15, 0.2) is 22.7 Å². The highest BCUT2D eigenvalue weighted by Gasteiger charge is 2.32. The second kappa shape index (κ2) is 7.43. The predicted octanol–water partition coefficient (Wildman–Crippen LogP) is 2.76. The van der Waals surface area contributed by atoms with Gasteiger partial charge in [0.05, 0.1) is 29.7 Å². The van der Waals surface area contributed by atoms with Gasteiger partial charge in [0, 0.05) is 13.1 Å². The van der Waals surface area contributed by atoms with Crippen LogP contribution >= 0.6 is 11.6 Å². The summed E-state index contributed by atoms with van der Waals surface area (Å²) in [6.07, 6.45) is -0.816. The first kappa shape index (κ1) is 18.3. The van der Waals surface area contributed by atoms with Crippen LogP contribution in [0.4, 0.5) is 4.39 Å². The SMILES string of the molecule is Cc1onc(-c2c(F)cccc2Cl)c1C(=O)N1CCO[C@@H](CC(=O)O)C1. The molecule has 7 nitrogen and oxygen atoms in total. The third-order valence-electron chi connectivity index (χ3n) is 4.10. The molecule has 0 unspecified atom stereocenters. The number of morpholine rings is 1. The number of carboxylic acid groups (broad SMARTS) is 1. The van der Waals surface area contributed by atoms with Crippen molar-refractivity contribution in [1.29, 1.82) is 0 Å². The number of hydrogen-bond donors (Lipinski definition) is 1. The number of ether oxygens (including phenoxy) is 1. The van der Waals surface area contributed by atoms with Crippen molar-refractivity contribution < 1.29 is 28.3 Å². The molecule has 2 heterocycles. The van der Waals surface area contributed by atoms with E-state index in [1.54, 1.807) is 6.92 Å². The first-order valence-electron chi connectivity index (χ1n) is 7.91. The summed E-state index contributed by atoms with van der Waals surface area (Å²) in [6.45, 7) is 2.15. The minimum absolute atomic E-state index is 0.00953. The van der Waals surface area contributed by atoms with Gasteiger partial charge in [-0.1, -0.05) is 22.8 Å². The van der Waals surface area contributed by atoms with Crippen LogP contribution < -0.4 is 0 Å². The molecule has 1 aromatic carbocycles. The fourth-order valence-corrected chi connectivity index (χ4v) is 3.15. The molecule has 1 aliphatic heterocycles. The number of nitrogens with zero attached hydrogens (tertiary/aromatic N) is 2. The number of carboxylic acids is 1. The van der Waals surface area contributed by atoms with Crippen molar-refractivity contribution in [1.82, 2.24) is 10.1 Å². The number of halogens is 2. The lowest BCUT2D eigenvalue weighted by atomic mass is 10.0. The Labute approximate surface area is 153 Å². The van der Waals surface area contributed by atoms with Crippen molar-refractivity contribution in [3.05, 3.63) is 40.4 Å². The Bertz CT molecular complexity index is 833. The summed E-state index contributed by atoms with van der Waals surface area (Å²) in [6, 6.07) is 4.17. The second-order valence-electron chi connectivity index (χ2n) is 5.90. The van der Waals surface area contributed by atoms with Gasteiger partial charge < -0.3 is 19.3 Å². The summed E-state index contributed by atoms with van der Waals surface area (Å²) in [5.74, 6) is -1.84. The Kier molecular flexibility index (Phi) is 5.24. The summed E-state index contributed by atoms with van der Waals surface area (Å²) in [4.78, 5) is 25.3. The van der Waals surface area contributed by atoms with E-state index in [-0.39, 0.29) is 53.7 Å². The second-order valence-corrected chi connectivity index (χ2v) is 6.31.